The molecule has 1 aliphatic heterocycles. The Kier molecular flexibility index (Phi) is 2.42. The van der Waals surface area contributed by atoms with Crippen molar-refractivity contribution in [2.75, 3.05) is 13.1 Å². The lowest BCUT2D eigenvalue weighted by molar-refractivity contribution is 0.170. The van der Waals surface area contributed by atoms with Gasteiger partial charge in [0, 0.05) is 17.2 Å². The Balaban J connectivity index is 2.02. The Hall–Kier alpha value is -0.410. The number of hydrogen-bond acceptors (Lipinski definition) is 2. The molecular formula is C9H11BrN2. The topological polar surface area (TPSA) is 16.1 Å². The molecule has 2 heterocycles. The third-order valence-electron chi connectivity index (χ3n) is 2.11. The lowest BCUT2D eigenvalue weighted by Gasteiger charge is -2.30. The molecule has 0 aliphatic carbocycles. The van der Waals surface area contributed by atoms with Gasteiger partial charge in [0.1, 0.15) is 0 Å². The zero-order valence-corrected chi connectivity index (χ0v) is 8.42. The van der Waals surface area contributed by atoms with Crippen LogP contribution in [0.25, 0.3) is 0 Å². The molecule has 2 rings (SSSR count). The van der Waals surface area contributed by atoms with Gasteiger partial charge in [-0.25, -0.2) is 0 Å². The van der Waals surface area contributed by atoms with Gasteiger partial charge in [-0.1, -0.05) is 15.9 Å². The molecule has 0 amide bonds. The minimum absolute atomic E-state index is 0.999. The second kappa shape index (κ2) is 3.54. The summed E-state index contributed by atoms with van der Waals surface area (Å²) in [6.45, 7) is 3.46. The zero-order chi connectivity index (χ0) is 8.39. The third-order valence-corrected chi connectivity index (χ3v) is 2.61. The van der Waals surface area contributed by atoms with Gasteiger partial charge in [-0.2, -0.15) is 0 Å². The van der Waals surface area contributed by atoms with Crippen molar-refractivity contribution in [3.8, 4) is 0 Å². The Bertz CT molecular complexity index is 271. The van der Waals surface area contributed by atoms with Crippen LogP contribution in [-0.4, -0.2) is 23.0 Å². The van der Waals surface area contributed by atoms with E-state index in [0.29, 0.717) is 0 Å². The maximum Gasteiger partial charge on any atom is 0.0555 e. The average Bonchev–Trinajstić information content (AvgIpc) is 1.97. The number of likely N-dealkylation sites (tertiary alicyclic amines) is 1. The molecule has 1 saturated heterocycles. The summed E-state index contributed by atoms with van der Waals surface area (Å²) < 4.78 is 1.12. The first-order valence-corrected chi connectivity index (χ1v) is 4.97. The van der Waals surface area contributed by atoms with Gasteiger partial charge < -0.3 is 0 Å². The number of nitrogens with zero attached hydrogens (tertiary/aromatic N) is 2. The summed E-state index contributed by atoms with van der Waals surface area (Å²) in [5.41, 5.74) is 1.16. The second-order valence-electron chi connectivity index (χ2n) is 3.10. The Morgan fingerprint density at radius 3 is 2.92 bits per heavy atom. The summed E-state index contributed by atoms with van der Waals surface area (Å²) in [7, 11) is 0. The molecule has 0 N–H and O–H groups in total. The number of halogens is 1. The second-order valence-corrected chi connectivity index (χ2v) is 4.01. The van der Waals surface area contributed by atoms with Gasteiger partial charge in [-0.15, -0.1) is 0 Å². The van der Waals surface area contributed by atoms with E-state index < -0.39 is 0 Å². The fourth-order valence-electron chi connectivity index (χ4n) is 1.30. The highest BCUT2D eigenvalue weighted by Gasteiger charge is 2.13. The van der Waals surface area contributed by atoms with Crippen molar-refractivity contribution in [3.05, 3.63) is 28.5 Å². The van der Waals surface area contributed by atoms with Crippen molar-refractivity contribution in [3.63, 3.8) is 0 Å². The average molecular weight is 227 g/mol. The molecule has 0 saturated carbocycles. The summed E-state index contributed by atoms with van der Waals surface area (Å²) in [6, 6.07) is 4.04. The van der Waals surface area contributed by atoms with Gasteiger partial charge >= 0.3 is 0 Å². The molecule has 3 heteroatoms. The zero-order valence-electron chi connectivity index (χ0n) is 6.83. The van der Waals surface area contributed by atoms with Crippen LogP contribution >= 0.6 is 15.9 Å². The van der Waals surface area contributed by atoms with Gasteiger partial charge in [0.25, 0.3) is 0 Å². The lowest BCUT2D eigenvalue weighted by atomic mass is 10.2. The van der Waals surface area contributed by atoms with Gasteiger partial charge in [-0.3, -0.25) is 9.88 Å². The Morgan fingerprint density at radius 1 is 1.50 bits per heavy atom. The first-order chi connectivity index (χ1) is 5.84. The fourth-order valence-corrected chi connectivity index (χ4v) is 1.69. The summed E-state index contributed by atoms with van der Waals surface area (Å²) >= 11 is 3.43. The molecule has 12 heavy (non-hydrogen) atoms. The molecule has 2 nitrogen and oxygen atoms in total. The minimum Gasteiger partial charge on any atom is -0.297 e. The van der Waals surface area contributed by atoms with Crippen LogP contribution in [0, 0.1) is 0 Å². The molecule has 1 aromatic rings. The van der Waals surface area contributed by atoms with E-state index in [1.165, 1.54) is 19.5 Å². The predicted molar refractivity (Wildman–Crippen MR) is 51.8 cm³/mol. The van der Waals surface area contributed by atoms with Crippen molar-refractivity contribution in [1.82, 2.24) is 9.88 Å². The Labute approximate surface area is 80.7 Å². The van der Waals surface area contributed by atoms with E-state index in [1.807, 2.05) is 12.3 Å². The van der Waals surface area contributed by atoms with Crippen LogP contribution in [0.15, 0.2) is 22.8 Å². The molecule has 0 aromatic carbocycles. The third kappa shape index (κ3) is 1.84. The van der Waals surface area contributed by atoms with Crippen molar-refractivity contribution >= 4 is 15.9 Å². The van der Waals surface area contributed by atoms with Crippen molar-refractivity contribution < 1.29 is 0 Å². The van der Waals surface area contributed by atoms with Crippen molar-refractivity contribution in [2.24, 2.45) is 0 Å². The highest BCUT2D eigenvalue weighted by atomic mass is 79.9. The molecule has 0 bridgehead atoms. The van der Waals surface area contributed by atoms with Crippen LogP contribution in [0.3, 0.4) is 0 Å². The maximum atomic E-state index is 4.29. The van der Waals surface area contributed by atoms with Gasteiger partial charge in [-0.05, 0) is 31.6 Å². The normalized spacial score (nSPS) is 17.4. The smallest absolute Gasteiger partial charge is 0.0555 e. The van der Waals surface area contributed by atoms with Crippen LogP contribution in [0.1, 0.15) is 12.1 Å². The number of aromatic nitrogens is 1. The predicted octanol–water partition coefficient (Wildman–Crippen LogP) is 2.05. The molecule has 1 aliphatic rings. The summed E-state index contributed by atoms with van der Waals surface area (Å²) in [5.74, 6) is 0. The highest BCUT2D eigenvalue weighted by molar-refractivity contribution is 9.10. The maximum absolute atomic E-state index is 4.29. The van der Waals surface area contributed by atoms with Gasteiger partial charge in [0.15, 0.2) is 0 Å². The van der Waals surface area contributed by atoms with E-state index in [9.17, 15) is 0 Å². The van der Waals surface area contributed by atoms with E-state index in [2.05, 4.69) is 31.9 Å². The summed E-state index contributed by atoms with van der Waals surface area (Å²) in [5, 5.41) is 0. The molecule has 1 fully saturated rings. The van der Waals surface area contributed by atoms with E-state index in [-0.39, 0.29) is 0 Å². The number of pyridine rings is 1. The van der Waals surface area contributed by atoms with E-state index in [4.69, 9.17) is 0 Å². The number of rotatable bonds is 2. The van der Waals surface area contributed by atoms with E-state index >= 15 is 0 Å². The largest absolute Gasteiger partial charge is 0.297 e. The minimum atomic E-state index is 0.999. The van der Waals surface area contributed by atoms with E-state index in [1.54, 1.807) is 0 Å². The lowest BCUT2D eigenvalue weighted by Crippen LogP contribution is -2.36. The fraction of sp³-hybridized carbons (Fsp3) is 0.444. The van der Waals surface area contributed by atoms with Gasteiger partial charge in [0.05, 0.1) is 5.69 Å². The van der Waals surface area contributed by atoms with Crippen LogP contribution in [0.5, 0.6) is 0 Å². The standard InChI is InChI=1S/C9H11BrN2/c10-8-2-3-11-9(6-8)7-12-4-1-5-12/h2-3,6H,1,4-5,7H2. The summed E-state index contributed by atoms with van der Waals surface area (Å²) in [4.78, 5) is 6.69. The van der Waals surface area contributed by atoms with E-state index in [0.717, 1.165) is 16.7 Å². The van der Waals surface area contributed by atoms with Crippen LogP contribution in [0.2, 0.25) is 0 Å². The molecule has 64 valence electrons. The van der Waals surface area contributed by atoms with Gasteiger partial charge in [0.2, 0.25) is 0 Å². The Morgan fingerprint density at radius 2 is 2.33 bits per heavy atom. The molecule has 0 spiro atoms. The quantitative estimate of drug-likeness (QED) is 0.768. The molecule has 0 unspecified atom stereocenters. The molecule has 0 atom stereocenters. The van der Waals surface area contributed by atoms with Crippen molar-refractivity contribution in [1.29, 1.82) is 0 Å². The van der Waals surface area contributed by atoms with Crippen molar-refractivity contribution in [2.45, 2.75) is 13.0 Å². The molecule has 1 aromatic heterocycles. The first-order valence-electron chi connectivity index (χ1n) is 4.17. The summed E-state index contributed by atoms with van der Waals surface area (Å²) in [6.07, 6.45) is 3.19. The monoisotopic (exact) mass is 226 g/mol. The number of hydrogen-bond donors (Lipinski definition) is 0. The van der Waals surface area contributed by atoms with Crippen LogP contribution < -0.4 is 0 Å². The highest BCUT2D eigenvalue weighted by Crippen LogP contribution is 2.14. The first kappa shape index (κ1) is 8.20. The SMILES string of the molecule is Brc1ccnc(CN2CCC2)c1. The van der Waals surface area contributed by atoms with Crippen LogP contribution in [-0.2, 0) is 6.54 Å². The van der Waals surface area contributed by atoms with Crippen LogP contribution in [0.4, 0.5) is 0 Å². The molecule has 0 radical (unpaired) electrons. The molecular weight excluding hydrogens is 216 g/mol.